The van der Waals surface area contributed by atoms with Crippen molar-refractivity contribution in [3.05, 3.63) is 0 Å². The Kier molecular flexibility index (Phi) is 1.71. The van der Waals surface area contributed by atoms with Crippen LogP contribution >= 0.6 is 9.39 Å². The Morgan fingerprint density at radius 3 is 2.17 bits per heavy atom. The zero-order chi connectivity index (χ0) is 8.82. The number of primary amides is 1. The second-order valence-electron chi connectivity index (χ2n) is 4.25. The third kappa shape index (κ3) is 0.929. The summed E-state index contributed by atoms with van der Waals surface area (Å²) in [4.78, 5) is 11.2. The molecule has 1 atom stereocenters. The molecule has 0 aromatic rings. The Hall–Kier alpha value is -0.140. The highest BCUT2D eigenvalue weighted by molar-refractivity contribution is 7.13. The van der Waals surface area contributed by atoms with E-state index in [1.807, 2.05) is 0 Å². The summed E-state index contributed by atoms with van der Waals surface area (Å²) in [5.74, 6) is -0.0953. The minimum absolute atomic E-state index is 0.0953. The van der Waals surface area contributed by atoms with Gasteiger partial charge in [-0.15, -0.1) is 0 Å². The first kappa shape index (κ1) is 8.46. The molecule has 0 saturated heterocycles. The van der Waals surface area contributed by atoms with Gasteiger partial charge >= 0.3 is 0 Å². The smallest absolute Gasteiger partial charge is 0.223 e. The SMILES string of the molecule is NC(=O)C12CCC(NP)(CC1)C2. The van der Waals surface area contributed by atoms with Gasteiger partial charge in [0.05, 0.1) is 5.41 Å². The fraction of sp³-hybridized carbons (Fsp3) is 0.875. The zero-order valence-electron chi connectivity index (χ0n) is 7.10. The predicted molar refractivity (Wildman–Crippen MR) is 50.3 cm³/mol. The normalized spacial score (nSPS) is 45.1. The van der Waals surface area contributed by atoms with Gasteiger partial charge in [0.2, 0.25) is 5.91 Å². The van der Waals surface area contributed by atoms with Crippen molar-refractivity contribution in [1.29, 1.82) is 0 Å². The number of nitrogens with two attached hydrogens (primary N) is 1. The van der Waals surface area contributed by atoms with E-state index in [4.69, 9.17) is 5.73 Å². The van der Waals surface area contributed by atoms with Gasteiger partial charge in [0.1, 0.15) is 0 Å². The maximum Gasteiger partial charge on any atom is 0.223 e. The maximum atomic E-state index is 11.2. The summed E-state index contributed by atoms with van der Waals surface area (Å²) in [6.45, 7) is 0. The Labute approximate surface area is 74.7 Å². The lowest BCUT2D eigenvalue weighted by molar-refractivity contribution is -0.127. The fourth-order valence-corrected chi connectivity index (χ4v) is 3.13. The minimum atomic E-state index is -0.163. The summed E-state index contributed by atoms with van der Waals surface area (Å²) in [6, 6.07) is 0. The minimum Gasteiger partial charge on any atom is -0.369 e. The monoisotopic (exact) mass is 186 g/mol. The van der Waals surface area contributed by atoms with E-state index in [9.17, 15) is 4.79 Å². The molecule has 1 amide bonds. The van der Waals surface area contributed by atoms with E-state index in [0.29, 0.717) is 0 Å². The van der Waals surface area contributed by atoms with Crippen LogP contribution in [-0.2, 0) is 4.79 Å². The number of hydrogen-bond donors (Lipinski definition) is 2. The summed E-state index contributed by atoms with van der Waals surface area (Å²) in [7, 11) is 2.57. The molecule has 0 spiro atoms. The molecule has 0 heterocycles. The number of fused-ring (bicyclic) bond motifs is 2. The van der Waals surface area contributed by atoms with Crippen molar-refractivity contribution >= 4 is 15.3 Å². The van der Waals surface area contributed by atoms with Gasteiger partial charge in [0.25, 0.3) is 0 Å². The van der Waals surface area contributed by atoms with Gasteiger partial charge in [-0.25, -0.2) is 0 Å². The average Bonchev–Trinajstić information content (AvgIpc) is 2.61. The van der Waals surface area contributed by atoms with Gasteiger partial charge < -0.3 is 5.73 Å². The van der Waals surface area contributed by atoms with Crippen molar-refractivity contribution in [2.24, 2.45) is 11.1 Å². The van der Waals surface area contributed by atoms with Crippen LogP contribution in [0.5, 0.6) is 0 Å². The molecule has 1 unspecified atom stereocenters. The summed E-state index contributed by atoms with van der Waals surface area (Å²) in [6.07, 6.45) is 5.09. The van der Waals surface area contributed by atoms with Crippen LogP contribution in [0.4, 0.5) is 0 Å². The Morgan fingerprint density at radius 1 is 1.33 bits per heavy atom. The van der Waals surface area contributed by atoms with Crippen LogP contribution in [0.3, 0.4) is 0 Å². The third-order valence-corrected chi connectivity index (χ3v) is 4.28. The molecule has 12 heavy (non-hydrogen) atoms. The van der Waals surface area contributed by atoms with Crippen molar-refractivity contribution in [3.63, 3.8) is 0 Å². The van der Waals surface area contributed by atoms with Gasteiger partial charge in [-0.1, -0.05) is 9.39 Å². The molecular formula is C8H15N2OP. The standard InChI is InChI=1S/C8H15N2OP/c9-6(11)7-1-3-8(5-7,10-12)4-2-7/h10H,1-5,12H2,(H2,9,11). The molecule has 2 aliphatic rings. The first-order valence-electron chi connectivity index (χ1n) is 4.40. The summed E-state index contributed by atoms with van der Waals surface area (Å²) >= 11 is 0. The summed E-state index contributed by atoms with van der Waals surface area (Å²) < 4.78 is 0. The van der Waals surface area contributed by atoms with Crippen LogP contribution in [0.2, 0.25) is 0 Å². The van der Waals surface area contributed by atoms with Crippen molar-refractivity contribution < 1.29 is 4.79 Å². The maximum absolute atomic E-state index is 11.2. The molecule has 4 heteroatoms. The number of rotatable bonds is 2. The molecular weight excluding hydrogens is 171 g/mol. The molecule has 2 bridgehead atoms. The van der Waals surface area contributed by atoms with Crippen molar-refractivity contribution in [1.82, 2.24) is 5.09 Å². The van der Waals surface area contributed by atoms with E-state index in [1.165, 1.54) is 0 Å². The Balaban J connectivity index is 2.23. The number of nitrogens with one attached hydrogen (secondary N) is 1. The van der Waals surface area contributed by atoms with Gasteiger partial charge in [0.15, 0.2) is 0 Å². The van der Waals surface area contributed by atoms with E-state index in [0.717, 1.165) is 32.1 Å². The van der Waals surface area contributed by atoms with Gasteiger partial charge in [-0.2, -0.15) is 0 Å². The topological polar surface area (TPSA) is 55.1 Å². The van der Waals surface area contributed by atoms with Gasteiger partial charge in [-0.3, -0.25) is 9.88 Å². The summed E-state index contributed by atoms with van der Waals surface area (Å²) in [5.41, 5.74) is 5.45. The van der Waals surface area contributed by atoms with Crippen molar-refractivity contribution in [2.75, 3.05) is 0 Å². The number of amides is 1. The van der Waals surface area contributed by atoms with Crippen LogP contribution in [0.25, 0.3) is 0 Å². The molecule has 2 aliphatic carbocycles. The molecule has 0 radical (unpaired) electrons. The molecule has 0 aromatic heterocycles. The van der Waals surface area contributed by atoms with E-state index in [-0.39, 0.29) is 16.9 Å². The van der Waals surface area contributed by atoms with Gasteiger partial charge in [-0.05, 0) is 32.1 Å². The van der Waals surface area contributed by atoms with E-state index in [2.05, 4.69) is 14.5 Å². The van der Waals surface area contributed by atoms with Gasteiger partial charge in [0, 0.05) is 5.54 Å². The number of carbonyl (C=O) groups excluding carboxylic acids is 1. The van der Waals surface area contributed by atoms with Crippen molar-refractivity contribution in [2.45, 2.75) is 37.6 Å². The largest absolute Gasteiger partial charge is 0.369 e. The molecule has 0 aliphatic heterocycles. The molecule has 3 nitrogen and oxygen atoms in total. The van der Waals surface area contributed by atoms with Crippen LogP contribution in [-0.4, -0.2) is 11.4 Å². The first-order chi connectivity index (χ1) is 5.63. The second-order valence-corrected chi connectivity index (χ2v) is 4.53. The van der Waals surface area contributed by atoms with E-state index >= 15 is 0 Å². The molecule has 68 valence electrons. The average molecular weight is 186 g/mol. The second kappa shape index (κ2) is 2.43. The molecule has 2 saturated carbocycles. The third-order valence-electron chi connectivity index (χ3n) is 3.67. The lowest BCUT2D eigenvalue weighted by atomic mass is 9.83. The Bertz CT molecular complexity index is 221. The Morgan fingerprint density at radius 2 is 1.92 bits per heavy atom. The van der Waals surface area contributed by atoms with Crippen LogP contribution in [0.15, 0.2) is 0 Å². The first-order valence-corrected chi connectivity index (χ1v) is 4.98. The highest BCUT2D eigenvalue weighted by Gasteiger charge is 2.56. The van der Waals surface area contributed by atoms with Crippen LogP contribution < -0.4 is 10.8 Å². The molecule has 3 N–H and O–H groups in total. The highest BCUT2D eigenvalue weighted by atomic mass is 31.0. The van der Waals surface area contributed by atoms with Crippen molar-refractivity contribution in [3.8, 4) is 0 Å². The molecule has 2 rings (SSSR count). The number of carbonyl (C=O) groups is 1. The zero-order valence-corrected chi connectivity index (χ0v) is 8.25. The summed E-state index contributed by atoms with van der Waals surface area (Å²) in [5, 5.41) is 3.26. The van der Waals surface area contributed by atoms with E-state index < -0.39 is 0 Å². The highest BCUT2D eigenvalue weighted by Crippen LogP contribution is 2.56. The lowest BCUT2D eigenvalue weighted by Crippen LogP contribution is -2.34. The quantitative estimate of drug-likeness (QED) is 0.619. The van der Waals surface area contributed by atoms with Crippen LogP contribution in [0.1, 0.15) is 32.1 Å². The number of hydrogen-bond acceptors (Lipinski definition) is 2. The molecule has 0 aromatic carbocycles. The lowest BCUT2D eigenvalue weighted by Gasteiger charge is -2.25. The predicted octanol–water partition coefficient (Wildman–Crippen LogP) is 0.554. The fourth-order valence-electron chi connectivity index (χ4n) is 2.74. The van der Waals surface area contributed by atoms with Crippen LogP contribution in [0, 0.1) is 5.41 Å². The van der Waals surface area contributed by atoms with E-state index in [1.54, 1.807) is 0 Å². The molecule has 2 fully saturated rings.